The average Bonchev–Trinajstić information content (AvgIpc) is 1.99. The number of halogens is 3. The lowest BCUT2D eigenvalue weighted by atomic mass is 10.3. The van der Waals surface area contributed by atoms with Gasteiger partial charge in [-0.1, -0.05) is 12.2 Å². The Morgan fingerprint density at radius 3 is 2.54 bits per heavy atom. The lowest BCUT2D eigenvalue weighted by Gasteiger charge is -2.07. The Morgan fingerprint density at radius 1 is 1.38 bits per heavy atom. The van der Waals surface area contributed by atoms with E-state index in [0.717, 1.165) is 5.69 Å². The molecule has 70 valence electrons. The molecule has 0 aromatic heterocycles. The summed E-state index contributed by atoms with van der Waals surface area (Å²) in [5.74, 6) is -0.306. The first kappa shape index (κ1) is 11.1. The number of anilines is 1. The van der Waals surface area contributed by atoms with Gasteiger partial charge >= 0.3 is 0 Å². The molecular formula is C8H6Br2FNS. The van der Waals surface area contributed by atoms with Gasteiger partial charge in [0.1, 0.15) is 5.82 Å². The van der Waals surface area contributed by atoms with Gasteiger partial charge < -0.3 is 5.32 Å². The molecule has 5 heteroatoms. The van der Waals surface area contributed by atoms with Crippen molar-refractivity contribution < 1.29 is 4.39 Å². The van der Waals surface area contributed by atoms with Gasteiger partial charge in [-0.15, -0.1) is 0 Å². The SMILES string of the molecule is CC(=S)Nc1cc(Br)c(F)cc1Br. The molecule has 0 aliphatic carbocycles. The van der Waals surface area contributed by atoms with E-state index in [9.17, 15) is 4.39 Å². The van der Waals surface area contributed by atoms with Gasteiger partial charge in [0.15, 0.2) is 0 Å². The van der Waals surface area contributed by atoms with Crippen molar-refractivity contribution in [3.63, 3.8) is 0 Å². The Labute approximate surface area is 98.0 Å². The van der Waals surface area contributed by atoms with Crippen LogP contribution in [0.5, 0.6) is 0 Å². The highest BCUT2D eigenvalue weighted by atomic mass is 79.9. The molecule has 0 fully saturated rings. The Kier molecular flexibility index (Phi) is 3.82. The van der Waals surface area contributed by atoms with Gasteiger partial charge in [0.25, 0.3) is 0 Å². The summed E-state index contributed by atoms with van der Waals surface area (Å²) in [5, 5.41) is 2.93. The second kappa shape index (κ2) is 4.48. The monoisotopic (exact) mass is 325 g/mol. The molecule has 0 radical (unpaired) electrons. The molecule has 1 aromatic rings. The lowest BCUT2D eigenvalue weighted by Crippen LogP contribution is -2.04. The molecular weight excluding hydrogens is 321 g/mol. The van der Waals surface area contributed by atoms with Crippen LogP contribution >= 0.6 is 44.1 Å². The number of thiocarbonyl (C=S) groups is 1. The largest absolute Gasteiger partial charge is 0.349 e. The molecule has 0 bridgehead atoms. The molecule has 1 nitrogen and oxygen atoms in total. The Hall–Kier alpha value is -0.0000000000000000555. The van der Waals surface area contributed by atoms with Crippen molar-refractivity contribution in [1.82, 2.24) is 0 Å². The standard InChI is InChI=1S/C8H6Br2FNS/c1-4(13)12-8-3-5(9)7(11)2-6(8)10/h2-3H,1H3,(H,12,13). The van der Waals surface area contributed by atoms with Crippen molar-refractivity contribution >= 4 is 54.8 Å². The average molecular weight is 327 g/mol. The minimum Gasteiger partial charge on any atom is -0.349 e. The van der Waals surface area contributed by atoms with Crippen LogP contribution in [0, 0.1) is 5.82 Å². The van der Waals surface area contributed by atoms with E-state index in [0.29, 0.717) is 13.9 Å². The van der Waals surface area contributed by atoms with Gasteiger partial charge in [0.2, 0.25) is 0 Å². The molecule has 0 saturated heterocycles. The quantitative estimate of drug-likeness (QED) is 0.615. The normalized spacial score (nSPS) is 9.85. The van der Waals surface area contributed by atoms with E-state index in [2.05, 4.69) is 37.2 Å². The molecule has 0 amide bonds. The van der Waals surface area contributed by atoms with Gasteiger partial charge in [-0.25, -0.2) is 4.39 Å². The third-order valence-corrected chi connectivity index (χ3v) is 2.69. The van der Waals surface area contributed by atoms with Crippen molar-refractivity contribution in [2.45, 2.75) is 6.92 Å². The van der Waals surface area contributed by atoms with Crippen LogP contribution in [0.15, 0.2) is 21.1 Å². The smallest absolute Gasteiger partial charge is 0.138 e. The van der Waals surface area contributed by atoms with Crippen LogP contribution in [-0.2, 0) is 0 Å². The van der Waals surface area contributed by atoms with Crippen molar-refractivity contribution in [3.05, 3.63) is 26.9 Å². The van der Waals surface area contributed by atoms with Crippen LogP contribution in [0.4, 0.5) is 10.1 Å². The highest BCUT2D eigenvalue weighted by Gasteiger charge is 2.05. The maximum atomic E-state index is 13.0. The van der Waals surface area contributed by atoms with Crippen LogP contribution in [0.2, 0.25) is 0 Å². The Balaban J connectivity index is 3.08. The second-order valence-corrected chi connectivity index (χ2v) is 4.75. The predicted molar refractivity (Wildman–Crippen MR) is 63.7 cm³/mol. The summed E-state index contributed by atoms with van der Waals surface area (Å²) in [7, 11) is 0. The zero-order valence-corrected chi connectivity index (χ0v) is 10.7. The van der Waals surface area contributed by atoms with E-state index in [1.807, 2.05) is 0 Å². The lowest BCUT2D eigenvalue weighted by molar-refractivity contribution is 0.620. The number of rotatable bonds is 1. The fourth-order valence-electron chi connectivity index (χ4n) is 0.808. The van der Waals surface area contributed by atoms with E-state index in [1.54, 1.807) is 13.0 Å². The van der Waals surface area contributed by atoms with E-state index in [-0.39, 0.29) is 5.82 Å². The van der Waals surface area contributed by atoms with Gasteiger partial charge in [-0.2, -0.15) is 0 Å². The fraction of sp³-hybridized carbons (Fsp3) is 0.125. The first-order valence-corrected chi connectivity index (χ1v) is 5.42. The molecule has 0 heterocycles. The van der Waals surface area contributed by atoms with E-state index in [1.165, 1.54) is 6.07 Å². The summed E-state index contributed by atoms with van der Waals surface area (Å²) in [6, 6.07) is 3.01. The number of nitrogens with one attached hydrogen (secondary N) is 1. The Morgan fingerprint density at radius 2 is 2.00 bits per heavy atom. The zero-order chi connectivity index (χ0) is 10.0. The van der Waals surface area contributed by atoms with Gasteiger partial charge in [0, 0.05) is 4.47 Å². The summed E-state index contributed by atoms with van der Waals surface area (Å²) < 4.78 is 14.0. The summed E-state index contributed by atoms with van der Waals surface area (Å²) >= 11 is 11.2. The highest BCUT2D eigenvalue weighted by Crippen LogP contribution is 2.28. The molecule has 0 unspecified atom stereocenters. The first-order valence-electron chi connectivity index (χ1n) is 3.43. The summed E-state index contributed by atoms with van der Waals surface area (Å²) in [4.78, 5) is 0.638. The number of benzene rings is 1. The van der Waals surface area contributed by atoms with Crippen molar-refractivity contribution in [1.29, 1.82) is 0 Å². The van der Waals surface area contributed by atoms with Crippen molar-refractivity contribution in [2.24, 2.45) is 0 Å². The molecule has 1 rings (SSSR count). The number of hydrogen-bond acceptors (Lipinski definition) is 1. The van der Waals surface area contributed by atoms with Crippen LogP contribution in [-0.4, -0.2) is 4.99 Å². The molecule has 1 N–H and O–H groups in total. The zero-order valence-electron chi connectivity index (χ0n) is 6.70. The van der Waals surface area contributed by atoms with Crippen LogP contribution < -0.4 is 5.32 Å². The molecule has 0 spiro atoms. The Bertz CT molecular complexity index is 354. The first-order chi connectivity index (χ1) is 6.00. The minimum atomic E-state index is -0.306. The van der Waals surface area contributed by atoms with E-state index >= 15 is 0 Å². The summed E-state index contributed by atoms with van der Waals surface area (Å²) in [6.45, 7) is 1.76. The van der Waals surface area contributed by atoms with Crippen LogP contribution in [0.25, 0.3) is 0 Å². The maximum absolute atomic E-state index is 13.0. The summed E-state index contributed by atoms with van der Waals surface area (Å²) in [5.41, 5.74) is 0.751. The molecule has 0 atom stereocenters. The molecule has 13 heavy (non-hydrogen) atoms. The minimum absolute atomic E-state index is 0.306. The van der Waals surface area contributed by atoms with Crippen LogP contribution in [0.1, 0.15) is 6.92 Å². The van der Waals surface area contributed by atoms with Gasteiger partial charge in [-0.3, -0.25) is 0 Å². The van der Waals surface area contributed by atoms with Gasteiger partial charge in [-0.05, 0) is 50.9 Å². The topological polar surface area (TPSA) is 12.0 Å². The molecule has 0 aliphatic heterocycles. The van der Waals surface area contributed by atoms with Crippen LogP contribution in [0.3, 0.4) is 0 Å². The number of hydrogen-bond donors (Lipinski definition) is 1. The maximum Gasteiger partial charge on any atom is 0.138 e. The van der Waals surface area contributed by atoms with Gasteiger partial charge in [0.05, 0.1) is 15.1 Å². The molecule has 1 aromatic carbocycles. The summed E-state index contributed by atoms with van der Waals surface area (Å²) in [6.07, 6.45) is 0. The molecule has 0 aliphatic rings. The highest BCUT2D eigenvalue weighted by molar-refractivity contribution is 9.11. The molecule has 0 saturated carbocycles. The predicted octanol–water partition coefficient (Wildman–Crippen LogP) is 4.11. The van der Waals surface area contributed by atoms with Crippen molar-refractivity contribution in [2.75, 3.05) is 5.32 Å². The fourth-order valence-corrected chi connectivity index (χ4v) is 1.68. The van der Waals surface area contributed by atoms with Crippen molar-refractivity contribution in [3.8, 4) is 0 Å². The third kappa shape index (κ3) is 3.00. The van der Waals surface area contributed by atoms with E-state index in [4.69, 9.17) is 12.2 Å². The second-order valence-electron chi connectivity index (χ2n) is 2.43. The third-order valence-electron chi connectivity index (χ3n) is 1.32. The van der Waals surface area contributed by atoms with E-state index < -0.39 is 0 Å².